The molecular formula is C20H19ClN3O4S+. The lowest BCUT2D eigenvalue weighted by Gasteiger charge is -2.17. The first-order valence-corrected chi connectivity index (χ1v) is 10.7. The van der Waals surface area contributed by atoms with Gasteiger partial charge in [-0.05, 0) is 24.3 Å². The van der Waals surface area contributed by atoms with Crippen molar-refractivity contribution >= 4 is 33.2 Å². The quantitative estimate of drug-likeness (QED) is 0.288. The summed E-state index contributed by atoms with van der Waals surface area (Å²) >= 11 is 5.98. The Hall–Kier alpha value is -2.78. The van der Waals surface area contributed by atoms with Crippen LogP contribution >= 0.6 is 11.6 Å². The number of nitrogens with zero attached hydrogens (tertiary/aromatic N) is 3. The van der Waals surface area contributed by atoms with Gasteiger partial charge in [0.1, 0.15) is 7.05 Å². The van der Waals surface area contributed by atoms with E-state index in [4.69, 9.17) is 11.6 Å². The third-order valence-corrected chi connectivity index (χ3v) is 5.78. The molecule has 7 nitrogen and oxygen atoms in total. The van der Waals surface area contributed by atoms with Crippen molar-refractivity contribution in [1.29, 1.82) is 0 Å². The summed E-state index contributed by atoms with van der Waals surface area (Å²) in [6.07, 6.45) is 2.09. The summed E-state index contributed by atoms with van der Waals surface area (Å²) in [5.74, 6) is -0.683. The van der Waals surface area contributed by atoms with Crippen LogP contribution in [-0.4, -0.2) is 42.6 Å². The zero-order chi connectivity index (χ0) is 21.4. The van der Waals surface area contributed by atoms with Gasteiger partial charge in [0, 0.05) is 22.9 Å². The Balaban J connectivity index is 2.33. The maximum absolute atomic E-state index is 12.3. The predicted octanol–water partition coefficient (Wildman–Crippen LogP) is 3.64. The summed E-state index contributed by atoms with van der Waals surface area (Å²) in [7, 11) is -2.31. The van der Waals surface area contributed by atoms with E-state index in [1.807, 2.05) is 0 Å². The fourth-order valence-electron chi connectivity index (χ4n) is 2.83. The molecule has 0 bridgehead atoms. The van der Waals surface area contributed by atoms with Crippen molar-refractivity contribution in [2.45, 2.75) is 4.90 Å². The second kappa shape index (κ2) is 7.57. The molecule has 9 heteroatoms. The SMILES string of the molecule is C=CC(=O)[N+](C)(O)c1cc(-c2ccc(Cl)cc2)n(-c2ccccc2S(C)(=O)=O)n1. The molecule has 1 heterocycles. The van der Waals surface area contributed by atoms with Gasteiger partial charge < -0.3 is 0 Å². The Morgan fingerprint density at radius 2 is 1.83 bits per heavy atom. The number of carbonyl (C=O) groups excluding carboxylic acids is 1. The summed E-state index contributed by atoms with van der Waals surface area (Å²) in [5, 5.41) is 15.6. The first-order chi connectivity index (χ1) is 13.6. The highest BCUT2D eigenvalue weighted by atomic mass is 35.5. The molecule has 1 aromatic heterocycles. The van der Waals surface area contributed by atoms with Crippen LogP contribution in [0, 0.1) is 0 Å². The fourth-order valence-corrected chi connectivity index (χ4v) is 3.81. The van der Waals surface area contributed by atoms with E-state index in [1.54, 1.807) is 42.5 Å². The van der Waals surface area contributed by atoms with Crippen molar-refractivity contribution in [3.05, 3.63) is 72.3 Å². The monoisotopic (exact) mass is 432 g/mol. The van der Waals surface area contributed by atoms with E-state index in [-0.39, 0.29) is 16.4 Å². The van der Waals surface area contributed by atoms with E-state index in [1.165, 1.54) is 23.9 Å². The van der Waals surface area contributed by atoms with Crippen molar-refractivity contribution in [1.82, 2.24) is 14.4 Å². The number of halogens is 1. The van der Waals surface area contributed by atoms with E-state index in [0.717, 1.165) is 12.3 Å². The molecule has 1 N–H and O–H groups in total. The predicted molar refractivity (Wildman–Crippen MR) is 112 cm³/mol. The second-order valence-electron chi connectivity index (χ2n) is 6.55. The van der Waals surface area contributed by atoms with Gasteiger partial charge in [-0.15, -0.1) is 5.10 Å². The number of hydrogen-bond acceptors (Lipinski definition) is 5. The van der Waals surface area contributed by atoms with E-state index in [0.29, 0.717) is 16.3 Å². The number of likely N-dealkylation sites (N-methyl/N-ethyl adjacent to an activating group) is 1. The first-order valence-electron chi connectivity index (χ1n) is 8.48. The lowest BCUT2D eigenvalue weighted by molar-refractivity contribution is -0.151. The van der Waals surface area contributed by atoms with Crippen LogP contribution < -0.4 is 4.65 Å². The van der Waals surface area contributed by atoms with E-state index in [2.05, 4.69) is 11.7 Å². The topological polar surface area (TPSA) is 89.3 Å². The molecule has 1 amide bonds. The third kappa shape index (κ3) is 4.01. The number of hydrogen-bond donors (Lipinski definition) is 1. The molecular weight excluding hydrogens is 414 g/mol. The maximum Gasteiger partial charge on any atom is 0.376 e. The molecule has 29 heavy (non-hydrogen) atoms. The summed E-state index contributed by atoms with van der Waals surface area (Å²) < 4.78 is 24.8. The molecule has 0 spiro atoms. The molecule has 0 radical (unpaired) electrons. The Morgan fingerprint density at radius 3 is 2.41 bits per heavy atom. The van der Waals surface area contributed by atoms with Crippen molar-refractivity contribution in [2.24, 2.45) is 0 Å². The normalized spacial score (nSPS) is 13.7. The standard InChI is InChI=1S/C20H19ClN3O4S/c1-4-20(25)24(2,26)19-13-17(14-9-11-15(21)12-10-14)23(22-19)16-7-5-6-8-18(16)29(3,27)28/h4-13,26H,1H2,2-3H3/q+1. The van der Waals surface area contributed by atoms with Crippen LogP contribution in [0.1, 0.15) is 0 Å². The average Bonchev–Trinajstić information content (AvgIpc) is 3.13. The van der Waals surface area contributed by atoms with Crippen LogP contribution in [0.3, 0.4) is 0 Å². The van der Waals surface area contributed by atoms with Crippen LogP contribution in [0.2, 0.25) is 5.02 Å². The molecule has 150 valence electrons. The number of benzene rings is 2. The number of rotatable bonds is 5. The van der Waals surface area contributed by atoms with Gasteiger partial charge in [-0.1, -0.05) is 47.1 Å². The zero-order valence-corrected chi connectivity index (χ0v) is 17.4. The molecule has 1 unspecified atom stereocenters. The van der Waals surface area contributed by atoms with Crippen LogP contribution in [0.15, 0.2) is 72.1 Å². The lowest BCUT2D eigenvalue weighted by atomic mass is 10.1. The zero-order valence-electron chi connectivity index (χ0n) is 15.8. The first kappa shape index (κ1) is 20.9. The van der Waals surface area contributed by atoms with Crippen LogP contribution in [0.5, 0.6) is 0 Å². The van der Waals surface area contributed by atoms with Gasteiger partial charge in [0.2, 0.25) is 0 Å². The Morgan fingerprint density at radius 1 is 1.21 bits per heavy atom. The number of aromatic nitrogens is 2. The summed E-state index contributed by atoms with van der Waals surface area (Å²) in [6.45, 7) is 3.40. The van der Waals surface area contributed by atoms with Crippen LogP contribution in [-0.2, 0) is 14.6 Å². The number of quaternary nitrogens is 1. The van der Waals surface area contributed by atoms with Crippen LogP contribution in [0.4, 0.5) is 5.82 Å². The van der Waals surface area contributed by atoms with Gasteiger partial charge in [0.15, 0.2) is 9.84 Å². The van der Waals surface area contributed by atoms with E-state index >= 15 is 0 Å². The number of para-hydroxylation sites is 1. The molecule has 0 aliphatic carbocycles. The molecule has 0 saturated heterocycles. The number of hydroxylamine groups is 2. The van der Waals surface area contributed by atoms with E-state index < -0.39 is 20.4 Å². The Bertz CT molecular complexity index is 1200. The maximum atomic E-state index is 12.3. The highest BCUT2D eigenvalue weighted by molar-refractivity contribution is 7.90. The van der Waals surface area contributed by atoms with Gasteiger partial charge in [0.05, 0.1) is 22.3 Å². The van der Waals surface area contributed by atoms with Gasteiger partial charge >= 0.3 is 5.91 Å². The van der Waals surface area contributed by atoms with Crippen molar-refractivity contribution < 1.29 is 18.4 Å². The van der Waals surface area contributed by atoms with Crippen LogP contribution in [0.25, 0.3) is 16.9 Å². The molecule has 3 aromatic rings. The minimum absolute atomic E-state index is 0.00292. The fraction of sp³-hybridized carbons (Fsp3) is 0.100. The van der Waals surface area contributed by atoms with Gasteiger partial charge in [-0.25, -0.2) is 23.1 Å². The molecule has 0 aliphatic heterocycles. The smallest absolute Gasteiger partial charge is 0.226 e. The molecule has 0 saturated carbocycles. The van der Waals surface area contributed by atoms with Gasteiger partial charge in [0.25, 0.3) is 5.82 Å². The summed E-state index contributed by atoms with van der Waals surface area (Å²) in [5.41, 5.74) is 1.43. The lowest BCUT2D eigenvalue weighted by Crippen LogP contribution is -2.46. The Labute approximate surface area is 173 Å². The number of amides is 1. The highest BCUT2D eigenvalue weighted by Gasteiger charge is 2.35. The molecule has 3 rings (SSSR count). The average molecular weight is 433 g/mol. The highest BCUT2D eigenvalue weighted by Crippen LogP contribution is 2.32. The molecule has 2 aromatic carbocycles. The number of sulfone groups is 1. The Kier molecular flexibility index (Phi) is 5.46. The third-order valence-electron chi connectivity index (χ3n) is 4.38. The molecule has 0 aliphatic rings. The van der Waals surface area contributed by atoms with Crippen molar-refractivity contribution in [3.8, 4) is 16.9 Å². The minimum atomic E-state index is -3.57. The largest absolute Gasteiger partial charge is 0.376 e. The van der Waals surface area contributed by atoms with Crippen molar-refractivity contribution in [3.63, 3.8) is 0 Å². The molecule has 1 atom stereocenters. The second-order valence-corrected chi connectivity index (χ2v) is 8.97. The van der Waals surface area contributed by atoms with Crippen molar-refractivity contribution in [2.75, 3.05) is 13.3 Å². The van der Waals surface area contributed by atoms with E-state index in [9.17, 15) is 18.4 Å². The summed E-state index contributed by atoms with van der Waals surface area (Å²) in [4.78, 5) is 12.2. The summed E-state index contributed by atoms with van der Waals surface area (Å²) in [6, 6.07) is 14.7. The molecule has 0 fully saturated rings. The van der Waals surface area contributed by atoms with Gasteiger partial charge in [-0.3, -0.25) is 0 Å². The minimum Gasteiger partial charge on any atom is -0.226 e. The van der Waals surface area contributed by atoms with Gasteiger partial charge in [-0.2, -0.15) is 0 Å². The number of carbonyl (C=O) groups is 1.